The highest BCUT2D eigenvalue weighted by Gasteiger charge is 2.42. The topological polar surface area (TPSA) is 45.1 Å². The van der Waals surface area contributed by atoms with E-state index in [-0.39, 0.29) is 0 Å². The molecule has 1 unspecified atom stereocenters. The van der Waals surface area contributed by atoms with Gasteiger partial charge in [-0.05, 0) is 62.3 Å². The van der Waals surface area contributed by atoms with Gasteiger partial charge in [-0.25, -0.2) is 0 Å². The molecule has 4 atom stereocenters. The van der Waals surface area contributed by atoms with Crippen LogP contribution in [0.1, 0.15) is 82.0 Å². The van der Waals surface area contributed by atoms with Crippen molar-refractivity contribution in [2.75, 3.05) is 26.2 Å². The third kappa shape index (κ3) is 4.96. The van der Waals surface area contributed by atoms with Crippen LogP contribution in [0, 0.1) is 11.8 Å². The van der Waals surface area contributed by atoms with E-state index in [1.807, 2.05) is 0 Å². The Morgan fingerprint density at radius 1 is 1.21 bits per heavy atom. The molecule has 1 aromatic rings. The Bertz CT molecular complexity index is 693. The van der Waals surface area contributed by atoms with E-state index < -0.39 is 0 Å². The number of thiocarbonyl (C=S) groups is 1. The largest absolute Gasteiger partial charge is 0.362 e. The highest BCUT2D eigenvalue weighted by atomic mass is 32.1. The van der Waals surface area contributed by atoms with E-state index in [0.717, 1.165) is 24.1 Å². The average molecular weight is 418 g/mol. The standard InChI is InChI=1S/C23H39N5S/c1-16(2)13-24-23(29)25-14-19-11-18-9-10-28(19)15-20(18)22-12-21(26-27(22)3)17-7-5-4-6-8-17/h12,16-20H,4-11,13-15H2,1-3H3,(H2,24,25,29)/t18-,19+,20+/m1/s1. The molecule has 3 saturated heterocycles. The number of fused-ring (bicyclic) bond motifs is 3. The molecule has 4 fully saturated rings. The second-order valence-corrected chi connectivity index (χ2v) is 10.4. The molecule has 29 heavy (non-hydrogen) atoms. The Labute approximate surface area is 182 Å². The van der Waals surface area contributed by atoms with Crippen molar-refractivity contribution in [3.05, 3.63) is 17.5 Å². The minimum Gasteiger partial charge on any atom is -0.362 e. The lowest BCUT2D eigenvalue weighted by atomic mass is 9.74. The second-order valence-electron chi connectivity index (χ2n) is 9.98. The summed E-state index contributed by atoms with van der Waals surface area (Å²) in [6, 6.07) is 3.07. The molecular weight excluding hydrogens is 378 g/mol. The molecule has 2 bridgehead atoms. The van der Waals surface area contributed by atoms with Crippen LogP contribution >= 0.6 is 12.2 Å². The van der Waals surface area contributed by atoms with Gasteiger partial charge < -0.3 is 10.6 Å². The Morgan fingerprint density at radius 2 is 2.00 bits per heavy atom. The number of rotatable bonds is 6. The molecule has 1 aliphatic carbocycles. The van der Waals surface area contributed by atoms with E-state index in [9.17, 15) is 0 Å². The van der Waals surface area contributed by atoms with E-state index in [1.54, 1.807) is 0 Å². The molecule has 4 heterocycles. The average Bonchev–Trinajstić information content (AvgIpc) is 3.13. The minimum atomic E-state index is 0.606. The normalized spacial score (nSPS) is 29.9. The first kappa shape index (κ1) is 21.1. The molecule has 0 spiro atoms. The van der Waals surface area contributed by atoms with Gasteiger partial charge >= 0.3 is 0 Å². The lowest BCUT2D eigenvalue weighted by Gasteiger charge is -2.50. The number of hydrogen-bond acceptors (Lipinski definition) is 3. The van der Waals surface area contributed by atoms with E-state index in [0.29, 0.717) is 23.8 Å². The van der Waals surface area contributed by atoms with Crippen molar-refractivity contribution in [2.45, 2.75) is 76.7 Å². The number of nitrogens with one attached hydrogen (secondary N) is 2. The molecule has 1 saturated carbocycles. The summed E-state index contributed by atoms with van der Waals surface area (Å²) in [6.45, 7) is 8.72. The SMILES string of the molecule is CC(C)CNC(=S)NC[C@@H]1C[C@H]2CCN1C[C@@H]2c1cc(C2CCCCC2)nn1C. The van der Waals surface area contributed by atoms with Crippen molar-refractivity contribution < 1.29 is 0 Å². The fourth-order valence-corrected chi connectivity index (χ4v) is 5.87. The van der Waals surface area contributed by atoms with E-state index >= 15 is 0 Å². The molecule has 5 nitrogen and oxygen atoms in total. The van der Waals surface area contributed by atoms with Gasteiger partial charge in [0.25, 0.3) is 0 Å². The summed E-state index contributed by atoms with van der Waals surface area (Å²) in [5, 5.41) is 12.6. The number of aryl methyl sites for hydroxylation is 1. The van der Waals surface area contributed by atoms with Crippen molar-refractivity contribution in [1.29, 1.82) is 0 Å². The van der Waals surface area contributed by atoms with Gasteiger partial charge in [-0.3, -0.25) is 9.58 Å². The number of aromatic nitrogens is 2. The van der Waals surface area contributed by atoms with Crippen LogP contribution in [0.25, 0.3) is 0 Å². The number of piperidine rings is 3. The summed E-state index contributed by atoms with van der Waals surface area (Å²) in [6.07, 6.45) is 9.40. The quantitative estimate of drug-likeness (QED) is 0.690. The summed E-state index contributed by atoms with van der Waals surface area (Å²) in [5.74, 6) is 2.72. The molecule has 5 rings (SSSR count). The highest BCUT2D eigenvalue weighted by molar-refractivity contribution is 7.80. The summed E-state index contributed by atoms with van der Waals surface area (Å²) >= 11 is 5.46. The second kappa shape index (κ2) is 9.34. The summed E-state index contributed by atoms with van der Waals surface area (Å²) in [4.78, 5) is 2.69. The molecular formula is C23H39N5S. The lowest BCUT2D eigenvalue weighted by Crippen LogP contribution is -2.56. The fraction of sp³-hybridized carbons (Fsp3) is 0.826. The van der Waals surface area contributed by atoms with Gasteiger partial charge in [-0.1, -0.05) is 33.1 Å². The Morgan fingerprint density at radius 3 is 2.69 bits per heavy atom. The molecule has 0 aromatic carbocycles. The first-order chi connectivity index (χ1) is 14.0. The number of nitrogens with zero attached hydrogens (tertiary/aromatic N) is 3. The van der Waals surface area contributed by atoms with E-state index in [2.05, 4.69) is 47.2 Å². The molecule has 4 aliphatic rings. The highest BCUT2D eigenvalue weighted by Crippen LogP contribution is 2.42. The van der Waals surface area contributed by atoms with Gasteiger partial charge in [0.05, 0.1) is 5.69 Å². The van der Waals surface area contributed by atoms with Crippen LogP contribution in [0.2, 0.25) is 0 Å². The lowest BCUT2D eigenvalue weighted by molar-refractivity contribution is 0.0302. The molecule has 1 aromatic heterocycles. The van der Waals surface area contributed by atoms with E-state index in [1.165, 1.54) is 69.4 Å². The van der Waals surface area contributed by atoms with Crippen LogP contribution in [-0.2, 0) is 7.05 Å². The minimum absolute atomic E-state index is 0.606. The van der Waals surface area contributed by atoms with Crippen LogP contribution in [-0.4, -0.2) is 52.0 Å². The molecule has 6 heteroatoms. The van der Waals surface area contributed by atoms with Crippen LogP contribution in [0.15, 0.2) is 6.07 Å². The van der Waals surface area contributed by atoms with Crippen molar-refractivity contribution in [3.63, 3.8) is 0 Å². The maximum Gasteiger partial charge on any atom is 0.166 e. The van der Waals surface area contributed by atoms with Gasteiger partial charge in [0.15, 0.2) is 5.11 Å². The third-order valence-electron chi connectivity index (χ3n) is 7.39. The van der Waals surface area contributed by atoms with Crippen molar-refractivity contribution in [1.82, 2.24) is 25.3 Å². The third-order valence-corrected chi connectivity index (χ3v) is 7.67. The van der Waals surface area contributed by atoms with Gasteiger partial charge in [0, 0.05) is 50.3 Å². The monoisotopic (exact) mass is 417 g/mol. The first-order valence-corrected chi connectivity index (χ1v) is 12.2. The zero-order valence-electron chi connectivity index (χ0n) is 18.5. The van der Waals surface area contributed by atoms with Crippen molar-refractivity contribution in [2.24, 2.45) is 18.9 Å². The molecule has 3 aliphatic heterocycles. The smallest absolute Gasteiger partial charge is 0.166 e. The summed E-state index contributed by atoms with van der Waals surface area (Å²) in [5.41, 5.74) is 2.83. The van der Waals surface area contributed by atoms with Crippen LogP contribution in [0.3, 0.4) is 0 Å². The number of hydrogen-bond donors (Lipinski definition) is 2. The Balaban J connectivity index is 1.34. The first-order valence-electron chi connectivity index (χ1n) is 11.8. The predicted octanol–water partition coefficient (Wildman–Crippen LogP) is 3.77. The van der Waals surface area contributed by atoms with Crippen LogP contribution in [0.5, 0.6) is 0 Å². The van der Waals surface area contributed by atoms with Crippen molar-refractivity contribution >= 4 is 17.3 Å². The fourth-order valence-electron chi connectivity index (χ4n) is 5.71. The Hall–Kier alpha value is -1.14. The van der Waals surface area contributed by atoms with Crippen LogP contribution in [0.4, 0.5) is 0 Å². The zero-order chi connectivity index (χ0) is 20.4. The van der Waals surface area contributed by atoms with Crippen molar-refractivity contribution in [3.8, 4) is 0 Å². The molecule has 0 radical (unpaired) electrons. The van der Waals surface area contributed by atoms with E-state index in [4.69, 9.17) is 17.3 Å². The molecule has 0 amide bonds. The maximum absolute atomic E-state index is 5.46. The molecule has 2 N–H and O–H groups in total. The Kier molecular flexibility index (Phi) is 6.80. The van der Waals surface area contributed by atoms with Gasteiger partial charge in [0.1, 0.15) is 0 Å². The van der Waals surface area contributed by atoms with Crippen LogP contribution < -0.4 is 10.6 Å². The predicted molar refractivity (Wildman–Crippen MR) is 123 cm³/mol. The maximum atomic E-state index is 5.46. The van der Waals surface area contributed by atoms with Gasteiger partial charge in [-0.15, -0.1) is 0 Å². The zero-order valence-corrected chi connectivity index (χ0v) is 19.3. The summed E-state index contributed by atoms with van der Waals surface area (Å²) in [7, 11) is 2.16. The molecule has 162 valence electrons. The van der Waals surface area contributed by atoms with Gasteiger partial charge in [-0.2, -0.15) is 5.10 Å². The van der Waals surface area contributed by atoms with Gasteiger partial charge in [0.2, 0.25) is 0 Å². The summed E-state index contributed by atoms with van der Waals surface area (Å²) < 4.78 is 2.20.